The van der Waals surface area contributed by atoms with Gasteiger partial charge in [0.2, 0.25) is 0 Å². The first-order valence-electron chi connectivity index (χ1n) is 11.0. The molecule has 33 heavy (non-hydrogen) atoms. The summed E-state index contributed by atoms with van der Waals surface area (Å²) in [4.78, 5) is 29.8. The summed E-state index contributed by atoms with van der Waals surface area (Å²) in [5.74, 6) is -0.944. The number of ether oxygens (including phenoxy) is 1. The first-order valence-corrected chi connectivity index (χ1v) is 11.4. The van der Waals surface area contributed by atoms with Crippen LogP contribution in [0.5, 0.6) is 5.75 Å². The van der Waals surface area contributed by atoms with E-state index in [9.17, 15) is 14.7 Å². The largest absolute Gasteiger partial charge is 0.507 e. The summed E-state index contributed by atoms with van der Waals surface area (Å²) >= 11 is 6.22. The molecular formula is C26H29ClN2O4. The molecule has 2 aromatic rings. The lowest BCUT2D eigenvalue weighted by molar-refractivity contribution is -0.140. The summed E-state index contributed by atoms with van der Waals surface area (Å²) in [6.07, 6.45) is 1.64. The Morgan fingerprint density at radius 1 is 1.18 bits per heavy atom. The summed E-state index contributed by atoms with van der Waals surface area (Å²) in [6.45, 7) is 10.7. The minimum Gasteiger partial charge on any atom is -0.507 e. The molecule has 6 nitrogen and oxygen atoms in total. The Balaban J connectivity index is 2.04. The van der Waals surface area contributed by atoms with Crippen LogP contribution in [-0.2, 0) is 9.59 Å². The van der Waals surface area contributed by atoms with Crippen molar-refractivity contribution in [2.24, 2.45) is 0 Å². The van der Waals surface area contributed by atoms with Crippen molar-refractivity contribution in [3.63, 3.8) is 0 Å². The Bertz CT molecular complexity index is 1040. The first kappa shape index (κ1) is 24.6. The van der Waals surface area contributed by atoms with Gasteiger partial charge < -0.3 is 19.6 Å². The van der Waals surface area contributed by atoms with E-state index in [0.717, 1.165) is 13.1 Å². The van der Waals surface area contributed by atoms with E-state index in [0.29, 0.717) is 41.6 Å². The number of carbonyl (C=O) groups excluding carboxylic acids is 2. The zero-order valence-corrected chi connectivity index (χ0v) is 19.7. The topological polar surface area (TPSA) is 70.1 Å². The smallest absolute Gasteiger partial charge is 0.295 e. The molecule has 174 valence electrons. The normalized spacial score (nSPS) is 17.6. The Morgan fingerprint density at radius 2 is 1.88 bits per heavy atom. The third kappa shape index (κ3) is 5.46. The van der Waals surface area contributed by atoms with Gasteiger partial charge in [-0.25, -0.2) is 0 Å². The average Bonchev–Trinajstić information content (AvgIpc) is 3.08. The minimum atomic E-state index is -0.726. The highest BCUT2D eigenvalue weighted by atomic mass is 35.5. The van der Waals surface area contributed by atoms with Crippen LogP contribution in [-0.4, -0.2) is 59.4 Å². The molecule has 0 radical (unpaired) electrons. The number of hydrogen-bond donors (Lipinski definition) is 1. The second-order valence-electron chi connectivity index (χ2n) is 7.70. The number of aliphatic hydroxyl groups is 1. The van der Waals surface area contributed by atoms with Crippen LogP contribution in [0, 0.1) is 0 Å². The van der Waals surface area contributed by atoms with E-state index in [1.54, 1.807) is 48.5 Å². The third-order valence-electron chi connectivity index (χ3n) is 5.75. The van der Waals surface area contributed by atoms with Crippen LogP contribution in [0.1, 0.15) is 31.0 Å². The maximum atomic E-state index is 13.1. The van der Waals surface area contributed by atoms with Crippen molar-refractivity contribution < 1.29 is 19.4 Å². The first-order chi connectivity index (χ1) is 15.9. The summed E-state index contributed by atoms with van der Waals surface area (Å²) in [5.41, 5.74) is 1.16. The molecule has 1 atom stereocenters. The second kappa shape index (κ2) is 11.2. The molecule has 3 rings (SSSR count). The summed E-state index contributed by atoms with van der Waals surface area (Å²) in [7, 11) is 0. The van der Waals surface area contributed by atoms with Crippen LogP contribution in [0.4, 0.5) is 0 Å². The van der Waals surface area contributed by atoms with Gasteiger partial charge in [0.05, 0.1) is 11.6 Å². The van der Waals surface area contributed by atoms with Crippen molar-refractivity contribution in [2.45, 2.75) is 19.9 Å². The van der Waals surface area contributed by atoms with Crippen molar-refractivity contribution in [1.82, 2.24) is 9.80 Å². The van der Waals surface area contributed by atoms with Gasteiger partial charge >= 0.3 is 0 Å². The van der Waals surface area contributed by atoms with Crippen LogP contribution in [0.2, 0.25) is 5.02 Å². The third-order valence-corrected chi connectivity index (χ3v) is 5.99. The predicted octanol–water partition coefficient (Wildman–Crippen LogP) is 4.67. The Morgan fingerprint density at radius 3 is 2.48 bits per heavy atom. The molecule has 0 aliphatic carbocycles. The number of ketones is 1. The zero-order chi connectivity index (χ0) is 24.0. The van der Waals surface area contributed by atoms with E-state index in [-0.39, 0.29) is 11.3 Å². The Labute approximate surface area is 199 Å². The van der Waals surface area contributed by atoms with E-state index < -0.39 is 17.7 Å². The monoisotopic (exact) mass is 468 g/mol. The molecule has 1 amide bonds. The van der Waals surface area contributed by atoms with Crippen molar-refractivity contribution in [3.05, 3.63) is 82.9 Å². The lowest BCUT2D eigenvalue weighted by Gasteiger charge is -2.28. The van der Waals surface area contributed by atoms with E-state index >= 15 is 0 Å². The van der Waals surface area contributed by atoms with Gasteiger partial charge in [-0.05, 0) is 55.1 Å². The van der Waals surface area contributed by atoms with E-state index in [2.05, 4.69) is 25.3 Å². The molecule has 0 aromatic heterocycles. The molecular weight excluding hydrogens is 440 g/mol. The lowest BCUT2D eigenvalue weighted by atomic mass is 9.95. The van der Waals surface area contributed by atoms with Crippen LogP contribution in [0.15, 0.2) is 66.8 Å². The van der Waals surface area contributed by atoms with Gasteiger partial charge in [-0.15, -0.1) is 0 Å². The van der Waals surface area contributed by atoms with Gasteiger partial charge in [0.15, 0.2) is 0 Å². The number of carbonyl (C=O) groups is 2. The van der Waals surface area contributed by atoms with Gasteiger partial charge in [0.1, 0.15) is 18.1 Å². The number of aliphatic hydroxyl groups excluding tert-OH is 1. The number of halogens is 1. The highest BCUT2D eigenvalue weighted by Crippen LogP contribution is 2.40. The van der Waals surface area contributed by atoms with Crippen LogP contribution < -0.4 is 4.74 Å². The maximum absolute atomic E-state index is 13.1. The van der Waals surface area contributed by atoms with E-state index in [4.69, 9.17) is 16.3 Å². The number of likely N-dealkylation sites (N-methyl/N-ethyl adjacent to an activating group) is 1. The second-order valence-corrected chi connectivity index (χ2v) is 8.13. The number of benzene rings is 2. The molecule has 0 saturated carbocycles. The summed E-state index contributed by atoms with van der Waals surface area (Å²) in [5, 5.41) is 11.6. The molecule has 1 aliphatic rings. The quantitative estimate of drug-likeness (QED) is 0.237. The number of hydrogen-bond acceptors (Lipinski definition) is 5. The summed E-state index contributed by atoms with van der Waals surface area (Å²) < 4.78 is 5.49. The molecule has 1 heterocycles. The Hall–Kier alpha value is -3.09. The van der Waals surface area contributed by atoms with Crippen LogP contribution in [0.25, 0.3) is 5.76 Å². The fourth-order valence-corrected chi connectivity index (χ4v) is 4.14. The van der Waals surface area contributed by atoms with Crippen LogP contribution in [0.3, 0.4) is 0 Å². The fraction of sp³-hybridized carbons (Fsp3) is 0.308. The SMILES string of the molecule is C=CCOc1ccc(C(O)=C2C(=O)C(=O)N(CCN(CC)CC)C2c2cccc(Cl)c2)cc1. The summed E-state index contributed by atoms with van der Waals surface area (Å²) in [6, 6.07) is 13.0. The van der Waals surface area contributed by atoms with Crippen molar-refractivity contribution >= 4 is 29.1 Å². The molecule has 1 aliphatic heterocycles. The molecule has 1 fully saturated rings. The van der Waals surface area contributed by atoms with E-state index in [1.807, 2.05) is 6.07 Å². The van der Waals surface area contributed by atoms with Gasteiger partial charge in [-0.3, -0.25) is 9.59 Å². The van der Waals surface area contributed by atoms with Crippen molar-refractivity contribution in [3.8, 4) is 5.75 Å². The van der Waals surface area contributed by atoms with E-state index in [1.165, 1.54) is 4.90 Å². The van der Waals surface area contributed by atoms with Gasteiger partial charge in [0, 0.05) is 23.7 Å². The predicted molar refractivity (Wildman–Crippen MR) is 130 cm³/mol. The number of rotatable bonds is 10. The standard InChI is InChI=1S/C26H29ClN2O4/c1-4-16-33-21-12-10-18(11-13-21)24(30)22-23(19-8-7-9-20(27)17-19)29(26(32)25(22)31)15-14-28(5-2)6-3/h4,7-13,17,23,30H,1,5-6,14-16H2,2-3H3. The minimum absolute atomic E-state index is 0.0570. The number of nitrogens with zero attached hydrogens (tertiary/aromatic N) is 2. The zero-order valence-electron chi connectivity index (χ0n) is 19.0. The Kier molecular flexibility index (Phi) is 8.31. The molecule has 0 bridgehead atoms. The maximum Gasteiger partial charge on any atom is 0.295 e. The number of likely N-dealkylation sites (tertiary alicyclic amines) is 1. The molecule has 1 unspecified atom stereocenters. The van der Waals surface area contributed by atoms with Gasteiger partial charge in [0.25, 0.3) is 11.7 Å². The lowest BCUT2D eigenvalue weighted by Crippen LogP contribution is -2.38. The highest BCUT2D eigenvalue weighted by molar-refractivity contribution is 6.46. The molecule has 1 N–H and O–H groups in total. The highest BCUT2D eigenvalue weighted by Gasteiger charge is 2.46. The van der Waals surface area contributed by atoms with Crippen molar-refractivity contribution in [1.29, 1.82) is 0 Å². The molecule has 0 spiro atoms. The van der Waals surface area contributed by atoms with Gasteiger partial charge in [-0.2, -0.15) is 0 Å². The molecule has 1 saturated heterocycles. The molecule has 2 aromatic carbocycles. The van der Waals surface area contributed by atoms with Crippen LogP contribution >= 0.6 is 11.6 Å². The molecule has 7 heteroatoms. The van der Waals surface area contributed by atoms with Crippen molar-refractivity contribution in [2.75, 3.05) is 32.8 Å². The van der Waals surface area contributed by atoms with Gasteiger partial charge in [-0.1, -0.05) is 50.2 Å². The average molecular weight is 469 g/mol. The fourth-order valence-electron chi connectivity index (χ4n) is 3.94. The number of Topliss-reactive ketones (excluding diaryl/α,β-unsaturated/α-hetero) is 1. The number of amides is 1.